The van der Waals surface area contributed by atoms with Gasteiger partial charge in [0.25, 0.3) is 0 Å². The third-order valence-corrected chi connectivity index (χ3v) is 2.40. The van der Waals surface area contributed by atoms with Crippen LogP contribution in [0.5, 0.6) is 5.75 Å². The van der Waals surface area contributed by atoms with Gasteiger partial charge in [0.15, 0.2) is 0 Å². The van der Waals surface area contributed by atoms with Gasteiger partial charge in [-0.25, -0.2) is 4.79 Å². The molecule has 0 amide bonds. The van der Waals surface area contributed by atoms with Gasteiger partial charge in [0.1, 0.15) is 11.8 Å². The topological polar surface area (TPSA) is 59.3 Å². The Kier molecular flexibility index (Phi) is 6.31. The number of hydrogen-bond acceptors (Lipinski definition) is 4. The van der Waals surface area contributed by atoms with Crippen LogP contribution in [0, 0.1) is 17.2 Å². The number of nitrogens with zero attached hydrogens (tertiary/aromatic N) is 1. The Morgan fingerprint density at radius 1 is 1.45 bits per heavy atom. The molecule has 0 aromatic heterocycles. The number of carbonyl (C=O) groups excluding carboxylic acids is 1. The maximum atomic E-state index is 11.6. The van der Waals surface area contributed by atoms with E-state index in [1.807, 2.05) is 26.8 Å². The summed E-state index contributed by atoms with van der Waals surface area (Å²) in [5, 5.41) is 9.16. The molecule has 0 radical (unpaired) electrons. The van der Waals surface area contributed by atoms with E-state index in [0.717, 1.165) is 0 Å². The Morgan fingerprint density at radius 3 is 2.80 bits per heavy atom. The fourth-order valence-electron chi connectivity index (χ4n) is 1.51. The van der Waals surface area contributed by atoms with Crippen LogP contribution in [0.1, 0.15) is 26.3 Å². The van der Waals surface area contributed by atoms with Gasteiger partial charge in [-0.1, -0.05) is 26.0 Å². The molecular formula is C16H19NO3. The summed E-state index contributed by atoms with van der Waals surface area (Å²) in [7, 11) is 0. The highest BCUT2D eigenvalue weighted by Crippen LogP contribution is 2.20. The van der Waals surface area contributed by atoms with Crippen LogP contribution in [0.4, 0.5) is 0 Å². The molecule has 4 nitrogen and oxygen atoms in total. The molecule has 0 aliphatic carbocycles. The van der Waals surface area contributed by atoms with Crippen molar-refractivity contribution in [2.75, 3.05) is 13.2 Å². The van der Waals surface area contributed by atoms with E-state index in [4.69, 9.17) is 14.7 Å². The first-order valence-corrected chi connectivity index (χ1v) is 6.58. The first-order valence-electron chi connectivity index (χ1n) is 6.58. The zero-order valence-corrected chi connectivity index (χ0v) is 12.1. The van der Waals surface area contributed by atoms with E-state index in [0.29, 0.717) is 24.5 Å². The summed E-state index contributed by atoms with van der Waals surface area (Å²) in [4.78, 5) is 11.6. The van der Waals surface area contributed by atoms with E-state index in [1.54, 1.807) is 24.3 Å². The van der Waals surface area contributed by atoms with Crippen LogP contribution >= 0.6 is 0 Å². The van der Waals surface area contributed by atoms with Gasteiger partial charge < -0.3 is 9.47 Å². The lowest BCUT2D eigenvalue weighted by molar-refractivity contribution is -0.138. The van der Waals surface area contributed by atoms with E-state index in [1.165, 1.54) is 6.08 Å². The molecule has 1 aromatic carbocycles. The van der Waals surface area contributed by atoms with Crippen molar-refractivity contribution in [3.05, 3.63) is 35.9 Å². The summed E-state index contributed by atoms with van der Waals surface area (Å²) >= 11 is 0. The molecule has 1 aromatic rings. The van der Waals surface area contributed by atoms with Crippen molar-refractivity contribution in [1.29, 1.82) is 5.26 Å². The number of rotatable bonds is 6. The molecule has 0 atom stereocenters. The summed E-state index contributed by atoms with van der Waals surface area (Å²) in [6.07, 6.45) is 1.22. The third kappa shape index (κ3) is 5.15. The Hall–Kier alpha value is -2.28. The van der Waals surface area contributed by atoms with Gasteiger partial charge in [-0.3, -0.25) is 0 Å². The molecule has 0 saturated heterocycles. The van der Waals surface area contributed by atoms with Crippen molar-refractivity contribution in [2.24, 2.45) is 5.92 Å². The number of nitriles is 1. The van der Waals surface area contributed by atoms with Crippen molar-refractivity contribution in [2.45, 2.75) is 20.8 Å². The molecule has 1 rings (SSSR count). The molecule has 0 spiro atoms. The lowest BCUT2D eigenvalue weighted by atomic mass is 10.1. The summed E-state index contributed by atoms with van der Waals surface area (Å²) in [5.74, 6) is 0.429. The lowest BCUT2D eigenvalue weighted by Gasteiger charge is -2.06. The molecule has 20 heavy (non-hydrogen) atoms. The maximum absolute atomic E-state index is 11.6. The highest BCUT2D eigenvalue weighted by molar-refractivity contribution is 5.95. The van der Waals surface area contributed by atoms with Crippen molar-refractivity contribution in [3.63, 3.8) is 0 Å². The van der Waals surface area contributed by atoms with E-state index in [-0.39, 0.29) is 11.5 Å². The quantitative estimate of drug-likeness (QED) is 0.453. The summed E-state index contributed by atoms with van der Waals surface area (Å²) in [6.45, 7) is 6.68. The van der Waals surface area contributed by atoms with E-state index >= 15 is 0 Å². The molecule has 0 saturated carbocycles. The van der Waals surface area contributed by atoms with Crippen LogP contribution in [0.15, 0.2) is 30.3 Å². The molecule has 0 heterocycles. The average molecular weight is 273 g/mol. The van der Waals surface area contributed by atoms with Gasteiger partial charge in [-0.2, -0.15) is 5.26 Å². The summed E-state index contributed by atoms with van der Waals surface area (Å²) in [6, 6.07) is 9.09. The first kappa shape index (κ1) is 15.8. The minimum absolute atomic E-state index is 0.263. The maximum Gasteiger partial charge on any atom is 0.332 e. The van der Waals surface area contributed by atoms with Crippen LogP contribution in [0.3, 0.4) is 0 Å². The molecule has 0 fully saturated rings. The zero-order chi connectivity index (χ0) is 15.0. The van der Waals surface area contributed by atoms with Crippen LogP contribution in [-0.2, 0) is 9.53 Å². The fourth-order valence-corrected chi connectivity index (χ4v) is 1.51. The largest absolute Gasteiger partial charge is 0.494 e. The molecule has 0 aliphatic rings. The lowest BCUT2D eigenvalue weighted by Crippen LogP contribution is -2.07. The minimum atomic E-state index is -0.503. The van der Waals surface area contributed by atoms with Gasteiger partial charge >= 0.3 is 5.97 Å². The average Bonchev–Trinajstić information content (AvgIpc) is 2.43. The monoisotopic (exact) mass is 273 g/mol. The summed E-state index contributed by atoms with van der Waals surface area (Å²) < 4.78 is 10.4. The fraction of sp³-hybridized carbons (Fsp3) is 0.375. The Balaban J connectivity index is 2.87. The molecule has 106 valence electrons. The van der Waals surface area contributed by atoms with E-state index in [2.05, 4.69) is 0 Å². The molecule has 0 unspecified atom stereocenters. The molecule has 0 N–H and O–H groups in total. The van der Waals surface area contributed by atoms with Crippen LogP contribution in [-0.4, -0.2) is 19.2 Å². The summed E-state index contributed by atoms with van der Waals surface area (Å²) in [5.41, 5.74) is 0.903. The van der Waals surface area contributed by atoms with Gasteiger partial charge in [-0.05, 0) is 30.5 Å². The zero-order valence-electron chi connectivity index (χ0n) is 12.1. The Morgan fingerprint density at radius 2 is 2.20 bits per heavy atom. The van der Waals surface area contributed by atoms with Gasteiger partial charge in [-0.15, -0.1) is 0 Å². The van der Waals surface area contributed by atoms with Crippen molar-refractivity contribution in [1.82, 2.24) is 0 Å². The van der Waals surface area contributed by atoms with Gasteiger partial charge in [0.05, 0.1) is 18.8 Å². The number of benzene rings is 1. The second-order valence-corrected chi connectivity index (χ2v) is 4.65. The van der Waals surface area contributed by atoms with Crippen molar-refractivity contribution < 1.29 is 14.3 Å². The second-order valence-electron chi connectivity index (χ2n) is 4.65. The number of ether oxygens (including phenoxy) is 2. The smallest absolute Gasteiger partial charge is 0.332 e. The number of hydrogen-bond donors (Lipinski definition) is 0. The second kappa shape index (κ2) is 8.00. The SMILES string of the molecule is CCOc1cccc(C(C#N)=CC(=O)OCC(C)C)c1. The van der Waals surface area contributed by atoms with Crippen molar-refractivity contribution >= 4 is 11.5 Å². The number of esters is 1. The number of carbonyl (C=O) groups is 1. The predicted octanol–water partition coefficient (Wildman–Crippen LogP) is 3.19. The normalized spacial score (nSPS) is 11.1. The standard InChI is InChI=1S/C16H19NO3/c1-4-19-15-7-5-6-13(8-15)14(10-17)9-16(18)20-11-12(2)3/h5-9,12H,4,11H2,1-3H3. The first-order chi connectivity index (χ1) is 9.56. The highest BCUT2D eigenvalue weighted by Gasteiger charge is 2.07. The van der Waals surface area contributed by atoms with Crippen LogP contribution in [0.2, 0.25) is 0 Å². The van der Waals surface area contributed by atoms with Crippen molar-refractivity contribution in [3.8, 4) is 11.8 Å². The van der Waals surface area contributed by atoms with E-state index < -0.39 is 5.97 Å². The van der Waals surface area contributed by atoms with Gasteiger partial charge in [0, 0.05) is 6.08 Å². The minimum Gasteiger partial charge on any atom is -0.494 e. The molecule has 0 bridgehead atoms. The van der Waals surface area contributed by atoms with Gasteiger partial charge in [0.2, 0.25) is 0 Å². The molecule has 4 heteroatoms. The Labute approximate surface area is 119 Å². The third-order valence-electron chi connectivity index (χ3n) is 2.40. The van der Waals surface area contributed by atoms with Crippen LogP contribution in [0.25, 0.3) is 5.57 Å². The predicted molar refractivity (Wildman–Crippen MR) is 77.0 cm³/mol. The van der Waals surface area contributed by atoms with Crippen LogP contribution < -0.4 is 4.74 Å². The Bertz CT molecular complexity index is 527. The molecular weight excluding hydrogens is 254 g/mol. The molecule has 0 aliphatic heterocycles. The van der Waals surface area contributed by atoms with E-state index in [9.17, 15) is 4.79 Å². The number of allylic oxidation sites excluding steroid dienone is 1. The highest BCUT2D eigenvalue weighted by atomic mass is 16.5.